The summed E-state index contributed by atoms with van der Waals surface area (Å²) >= 11 is 0. The number of fused-ring (bicyclic) bond motifs is 8. The molecule has 0 radical (unpaired) electrons. The van der Waals surface area contributed by atoms with Crippen LogP contribution in [0.3, 0.4) is 0 Å². The van der Waals surface area contributed by atoms with Crippen molar-refractivity contribution in [3.8, 4) is 62.4 Å². The Morgan fingerprint density at radius 3 is 2.23 bits per heavy atom. The van der Waals surface area contributed by atoms with Crippen molar-refractivity contribution in [3.63, 3.8) is 0 Å². The van der Waals surface area contributed by atoms with Crippen molar-refractivity contribution in [1.82, 2.24) is 14.5 Å². The number of aryl methyl sites for hydroxylation is 1. The van der Waals surface area contributed by atoms with Crippen molar-refractivity contribution in [3.05, 3.63) is 155 Å². The minimum absolute atomic E-state index is 0. The SMILES string of the molecule is Cc1ccnc2c1C(C)(C)C(C)(C)c1c-2[c-]c(-c2cccc3c2nc(-c2ccccc2O)n3-c2ccc(C(C)(C)C)cc2-c2ccccc2)c2oc3cc(C#N)ccc3c12.[Pt]. The zero-order valence-electron chi connectivity index (χ0n) is 35.5. The molecule has 304 valence electrons. The second kappa shape index (κ2) is 14.1. The third-order valence-electron chi connectivity index (χ3n) is 13.3. The summed E-state index contributed by atoms with van der Waals surface area (Å²) in [4.78, 5) is 10.6. The predicted molar refractivity (Wildman–Crippen MR) is 243 cm³/mol. The van der Waals surface area contributed by atoms with E-state index in [1.165, 1.54) is 16.7 Å². The largest absolute Gasteiger partial charge is 0.507 e. The molecule has 10 rings (SSSR count). The molecule has 0 unspecified atom stereocenters. The number of imidazole rings is 1. The number of pyridine rings is 1. The minimum Gasteiger partial charge on any atom is -0.507 e. The Hall–Kier alpha value is -6.28. The summed E-state index contributed by atoms with van der Waals surface area (Å²) in [6.45, 7) is 18.1. The second-order valence-corrected chi connectivity index (χ2v) is 18.3. The van der Waals surface area contributed by atoms with Crippen LogP contribution in [0, 0.1) is 24.3 Å². The summed E-state index contributed by atoms with van der Waals surface area (Å²) in [5.74, 6) is 0.749. The Kier molecular flexibility index (Phi) is 9.31. The van der Waals surface area contributed by atoms with Crippen LogP contribution in [0.15, 0.2) is 126 Å². The Balaban J connectivity index is 0.00000476. The Bertz CT molecular complexity index is 3280. The van der Waals surface area contributed by atoms with Gasteiger partial charge in [0, 0.05) is 43.9 Å². The van der Waals surface area contributed by atoms with Crippen LogP contribution in [0.4, 0.5) is 0 Å². The van der Waals surface area contributed by atoms with Crippen LogP contribution < -0.4 is 0 Å². The average Bonchev–Trinajstić information content (AvgIpc) is 3.81. The van der Waals surface area contributed by atoms with Crippen molar-refractivity contribution in [2.75, 3.05) is 0 Å². The molecule has 0 fully saturated rings. The van der Waals surface area contributed by atoms with Gasteiger partial charge in [0.05, 0.1) is 39.5 Å². The number of para-hydroxylation sites is 2. The number of phenols is 1. The average molecular weight is 977 g/mol. The molecule has 1 aliphatic rings. The van der Waals surface area contributed by atoms with Crippen molar-refractivity contribution >= 4 is 33.0 Å². The van der Waals surface area contributed by atoms with E-state index in [-0.39, 0.29) is 43.1 Å². The van der Waals surface area contributed by atoms with Gasteiger partial charge in [0.1, 0.15) is 17.2 Å². The molecule has 1 aliphatic carbocycles. The van der Waals surface area contributed by atoms with Gasteiger partial charge in [-0.3, -0.25) is 9.55 Å². The summed E-state index contributed by atoms with van der Waals surface area (Å²) in [5, 5.41) is 23.4. The number of benzene rings is 6. The van der Waals surface area contributed by atoms with Gasteiger partial charge in [-0.1, -0.05) is 143 Å². The molecule has 0 aliphatic heterocycles. The third-order valence-corrected chi connectivity index (χ3v) is 13.3. The van der Waals surface area contributed by atoms with E-state index in [1.807, 2.05) is 48.7 Å². The fraction of sp³-hybridized carbons (Fsp3) is 0.204. The molecule has 9 aromatic rings. The number of hydrogen-bond donors (Lipinski definition) is 1. The number of phenolic OH excluding ortho intramolecular Hbond substituents is 1. The summed E-state index contributed by atoms with van der Waals surface area (Å²) in [7, 11) is 0. The number of rotatable bonds is 4. The van der Waals surface area contributed by atoms with Gasteiger partial charge in [-0.25, -0.2) is 4.98 Å². The van der Waals surface area contributed by atoms with E-state index >= 15 is 0 Å². The first-order valence-electron chi connectivity index (χ1n) is 20.5. The van der Waals surface area contributed by atoms with Crippen LogP contribution in [-0.2, 0) is 37.3 Å². The van der Waals surface area contributed by atoms with Gasteiger partial charge >= 0.3 is 0 Å². The molecule has 7 heteroatoms. The predicted octanol–water partition coefficient (Wildman–Crippen LogP) is 13.5. The molecule has 0 amide bonds. The van der Waals surface area contributed by atoms with Crippen LogP contribution >= 0.6 is 0 Å². The Labute approximate surface area is 370 Å². The molecule has 0 saturated heterocycles. The van der Waals surface area contributed by atoms with E-state index in [9.17, 15) is 10.4 Å². The molecular weight excluding hydrogens is 932 g/mol. The van der Waals surface area contributed by atoms with E-state index in [0.29, 0.717) is 28.1 Å². The molecule has 3 aromatic heterocycles. The topological polar surface area (TPSA) is 87.9 Å². The van der Waals surface area contributed by atoms with Gasteiger partial charge in [0.2, 0.25) is 0 Å². The van der Waals surface area contributed by atoms with Crippen molar-refractivity contribution in [1.29, 1.82) is 5.26 Å². The zero-order valence-corrected chi connectivity index (χ0v) is 37.8. The van der Waals surface area contributed by atoms with Gasteiger partial charge in [-0.05, 0) is 93.8 Å². The van der Waals surface area contributed by atoms with Crippen molar-refractivity contribution < 1.29 is 30.6 Å². The van der Waals surface area contributed by atoms with Gasteiger partial charge < -0.3 is 9.52 Å². The summed E-state index contributed by atoms with van der Waals surface area (Å²) in [6, 6.07) is 44.8. The molecule has 61 heavy (non-hydrogen) atoms. The maximum atomic E-state index is 11.5. The number of nitrogens with zero attached hydrogens (tertiary/aromatic N) is 4. The summed E-state index contributed by atoms with van der Waals surface area (Å²) in [6.07, 6.45) is 1.90. The molecule has 3 heterocycles. The second-order valence-electron chi connectivity index (χ2n) is 18.3. The molecule has 0 atom stereocenters. The van der Waals surface area contributed by atoms with E-state index in [2.05, 4.69) is 139 Å². The third kappa shape index (κ3) is 5.93. The van der Waals surface area contributed by atoms with Crippen LogP contribution in [0.1, 0.15) is 76.3 Å². The Morgan fingerprint density at radius 1 is 0.770 bits per heavy atom. The Morgan fingerprint density at radius 2 is 1.49 bits per heavy atom. The van der Waals surface area contributed by atoms with Gasteiger partial charge in [-0.2, -0.15) is 5.26 Å². The van der Waals surface area contributed by atoms with Gasteiger partial charge in [0.25, 0.3) is 0 Å². The standard InChI is InChI=1S/C54H45N4O2.Pt/c1-31-25-26-56-49-40-29-39(50-45(37-23-21-32(30-55)27-44(37)60-50)47(40)54(7,8)53(5,6)46(31)49)35-18-14-19-42-48(35)57-51(36-17-12-13-20-43(36)59)58(42)41-24-22-34(52(2,3)4)28-38(41)33-15-10-9-11-16-33;/h9-28,59H,1-8H3;/q-1;. The quantitative estimate of drug-likeness (QED) is 0.178. The normalized spacial score (nSPS) is 14.1. The maximum absolute atomic E-state index is 11.5. The van der Waals surface area contributed by atoms with Crippen LogP contribution in [0.5, 0.6) is 5.75 Å². The number of aromatic hydroxyl groups is 1. The van der Waals surface area contributed by atoms with Crippen molar-refractivity contribution in [2.45, 2.75) is 71.6 Å². The van der Waals surface area contributed by atoms with E-state index in [0.717, 1.165) is 66.6 Å². The molecule has 6 nitrogen and oxygen atoms in total. The number of nitriles is 1. The molecule has 1 N–H and O–H groups in total. The number of aromatic nitrogens is 3. The minimum atomic E-state index is -0.375. The van der Waals surface area contributed by atoms with Crippen LogP contribution in [0.25, 0.3) is 83.6 Å². The van der Waals surface area contributed by atoms with Gasteiger partial charge in [0.15, 0.2) is 0 Å². The summed E-state index contributed by atoms with van der Waals surface area (Å²) in [5.41, 5.74) is 14.6. The fourth-order valence-electron chi connectivity index (χ4n) is 9.55. The molecule has 0 spiro atoms. The van der Waals surface area contributed by atoms with Crippen LogP contribution in [-0.4, -0.2) is 19.6 Å². The number of furan rings is 1. The first-order chi connectivity index (χ1) is 28.7. The van der Waals surface area contributed by atoms with Gasteiger partial charge in [-0.15, -0.1) is 6.07 Å². The van der Waals surface area contributed by atoms with Crippen LogP contribution in [0.2, 0.25) is 0 Å². The molecular formula is C54H45N4O2Pt-. The summed E-state index contributed by atoms with van der Waals surface area (Å²) < 4.78 is 9.12. The fourth-order valence-corrected chi connectivity index (χ4v) is 9.55. The smallest absolute Gasteiger partial charge is 0.148 e. The molecule has 0 bridgehead atoms. The molecule has 0 saturated carbocycles. The monoisotopic (exact) mass is 976 g/mol. The molecule has 6 aromatic carbocycles. The van der Waals surface area contributed by atoms with E-state index in [1.54, 1.807) is 6.07 Å². The van der Waals surface area contributed by atoms with E-state index < -0.39 is 0 Å². The zero-order chi connectivity index (χ0) is 41.9. The maximum Gasteiger partial charge on any atom is 0.148 e. The first-order valence-corrected chi connectivity index (χ1v) is 20.5. The first kappa shape index (κ1) is 40.1. The van der Waals surface area contributed by atoms with Crippen molar-refractivity contribution in [2.24, 2.45) is 0 Å². The van der Waals surface area contributed by atoms with E-state index in [4.69, 9.17) is 14.4 Å². The number of hydrogen-bond acceptors (Lipinski definition) is 5.